The van der Waals surface area contributed by atoms with E-state index in [1.807, 2.05) is 0 Å². The van der Waals surface area contributed by atoms with Gasteiger partial charge in [0.15, 0.2) is 14.6 Å². The Morgan fingerprint density at radius 1 is 1.17 bits per heavy atom. The maximum absolute atomic E-state index is 12.6. The van der Waals surface area contributed by atoms with Crippen LogP contribution in [0.4, 0.5) is 0 Å². The minimum Gasteiger partial charge on any atom is -0.465 e. The van der Waals surface area contributed by atoms with E-state index in [0.29, 0.717) is 15.8 Å². The second kappa shape index (κ2) is 8.60. The van der Waals surface area contributed by atoms with Crippen LogP contribution >= 0.6 is 27.3 Å². The van der Waals surface area contributed by atoms with Gasteiger partial charge < -0.3 is 9.30 Å². The number of amides is 1. The Morgan fingerprint density at radius 3 is 2.48 bits per heavy atom. The van der Waals surface area contributed by atoms with Crippen molar-refractivity contribution in [3.05, 3.63) is 57.3 Å². The predicted octanol–water partition coefficient (Wildman–Crippen LogP) is 3.17. The number of fused-ring (bicyclic) bond motifs is 1. The third kappa shape index (κ3) is 5.01. The molecule has 0 radical (unpaired) electrons. The van der Waals surface area contributed by atoms with Gasteiger partial charge in [0.25, 0.3) is 5.91 Å². The Hall–Kier alpha value is -2.30. The van der Waals surface area contributed by atoms with Gasteiger partial charge in [-0.2, -0.15) is 4.99 Å². The third-order valence-electron chi connectivity index (χ3n) is 3.96. The Kier molecular flexibility index (Phi) is 6.35. The molecule has 0 aliphatic carbocycles. The lowest BCUT2D eigenvalue weighted by Crippen LogP contribution is -2.23. The number of esters is 1. The van der Waals surface area contributed by atoms with Crippen LogP contribution in [0.2, 0.25) is 0 Å². The maximum atomic E-state index is 12.6. The molecular formula is C19H17BrN2O5S2. The lowest BCUT2D eigenvalue weighted by Gasteiger charge is -2.05. The molecule has 0 atom stereocenters. The molecule has 0 saturated heterocycles. The monoisotopic (exact) mass is 496 g/mol. The van der Waals surface area contributed by atoms with Crippen LogP contribution in [0.25, 0.3) is 10.2 Å². The molecule has 152 valence electrons. The number of rotatable bonds is 5. The number of aromatic nitrogens is 1. The number of thiazole rings is 1. The lowest BCUT2D eigenvalue weighted by molar-refractivity contribution is -0.143. The first-order chi connectivity index (χ1) is 13.7. The molecule has 29 heavy (non-hydrogen) atoms. The van der Waals surface area contributed by atoms with Crippen molar-refractivity contribution in [3.8, 4) is 0 Å². The van der Waals surface area contributed by atoms with Gasteiger partial charge in [0.2, 0.25) is 0 Å². The summed E-state index contributed by atoms with van der Waals surface area (Å²) in [5.74, 6) is -0.943. The van der Waals surface area contributed by atoms with Crippen molar-refractivity contribution in [3.63, 3.8) is 0 Å². The fourth-order valence-electron chi connectivity index (χ4n) is 2.60. The van der Waals surface area contributed by atoms with E-state index >= 15 is 0 Å². The zero-order valence-corrected chi connectivity index (χ0v) is 18.8. The lowest BCUT2D eigenvalue weighted by atomic mass is 10.2. The van der Waals surface area contributed by atoms with Gasteiger partial charge >= 0.3 is 5.97 Å². The molecule has 1 heterocycles. The van der Waals surface area contributed by atoms with Gasteiger partial charge in [0.1, 0.15) is 6.54 Å². The summed E-state index contributed by atoms with van der Waals surface area (Å²) in [6.45, 7) is 1.79. The van der Waals surface area contributed by atoms with Crippen LogP contribution in [-0.4, -0.2) is 37.7 Å². The Balaban J connectivity index is 2.16. The van der Waals surface area contributed by atoms with E-state index in [1.54, 1.807) is 41.8 Å². The van der Waals surface area contributed by atoms with Crippen LogP contribution in [0, 0.1) is 0 Å². The molecule has 1 amide bonds. The standard InChI is InChI=1S/C19H17BrN2O5S2/c1-3-27-17(23)11-22-15-9-8-14(29(2,25)26)10-16(15)28-19(22)21-18(24)12-4-6-13(20)7-5-12/h4-10H,3,11H2,1-2H3. The highest BCUT2D eigenvalue weighted by atomic mass is 79.9. The van der Waals surface area contributed by atoms with Crippen LogP contribution in [0.3, 0.4) is 0 Å². The molecule has 1 aromatic heterocycles. The number of hydrogen-bond acceptors (Lipinski definition) is 6. The predicted molar refractivity (Wildman–Crippen MR) is 114 cm³/mol. The van der Waals surface area contributed by atoms with E-state index < -0.39 is 21.7 Å². The summed E-state index contributed by atoms with van der Waals surface area (Å²) in [5.41, 5.74) is 0.989. The second-order valence-corrected chi connectivity index (χ2v) is 10.0. The summed E-state index contributed by atoms with van der Waals surface area (Å²) >= 11 is 4.45. The average Bonchev–Trinajstić information content (AvgIpc) is 2.98. The minimum absolute atomic E-state index is 0.140. The van der Waals surface area contributed by atoms with Crippen LogP contribution in [0.5, 0.6) is 0 Å². The molecule has 0 saturated carbocycles. The van der Waals surface area contributed by atoms with Crippen LogP contribution in [0.15, 0.2) is 56.8 Å². The number of halogens is 1. The molecule has 0 fully saturated rings. The molecular weight excluding hydrogens is 480 g/mol. The van der Waals surface area contributed by atoms with Crippen molar-refractivity contribution >= 4 is 59.2 Å². The number of sulfone groups is 1. The zero-order chi connectivity index (χ0) is 21.2. The van der Waals surface area contributed by atoms with Gasteiger partial charge in [-0.05, 0) is 49.4 Å². The van der Waals surface area contributed by atoms with E-state index in [2.05, 4.69) is 20.9 Å². The summed E-state index contributed by atoms with van der Waals surface area (Å²) < 4.78 is 31.7. The van der Waals surface area contributed by atoms with E-state index in [9.17, 15) is 18.0 Å². The normalized spacial score (nSPS) is 12.3. The summed E-state index contributed by atoms with van der Waals surface area (Å²) in [5, 5.41) is 0. The SMILES string of the molecule is CCOC(=O)Cn1c(=NC(=O)c2ccc(Br)cc2)sc2cc(S(C)(=O)=O)ccc21. The first-order valence-electron chi connectivity index (χ1n) is 8.52. The maximum Gasteiger partial charge on any atom is 0.326 e. The summed E-state index contributed by atoms with van der Waals surface area (Å²) in [4.78, 5) is 29.3. The van der Waals surface area contributed by atoms with Crippen LogP contribution < -0.4 is 4.80 Å². The zero-order valence-electron chi connectivity index (χ0n) is 15.6. The largest absolute Gasteiger partial charge is 0.465 e. The summed E-state index contributed by atoms with van der Waals surface area (Å²) in [6.07, 6.45) is 1.12. The number of carbonyl (C=O) groups excluding carboxylic acids is 2. The van der Waals surface area contributed by atoms with Crippen molar-refractivity contribution in [1.29, 1.82) is 0 Å². The number of ether oxygens (including phenoxy) is 1. The van der Waals surface area contributed by atoms with Gasteiger partial charge in [-0.15, -0.1) is 0 Å². The van der Waals surface area contributed by atoms with Crippen molar-refractivity contribution in [1.82, 2.24) is 4.57 Å². The molecule has 3 aromatic rings. The second-order valence-electron chi connectivity index (χ2n) is 6.10. The quantitative estimate of drug-likeness (QED) is 0.505. The van der Waals surface area contributed by atoms with E-state index in [0.717, 1.165) is 22.1 Å². The molecule has 3 rings (SSSR count). The van der Waals surface area contributed by atoms with Gasteiger partial charge in [-0.1, -0.05) is 27.3 Å². The van der Waals surface area contributed by atoms with Crippen molar-refractivity contribution < 1.29 is 22.7 Å². The van der Waals surface area contributed by atoms with E-state index in [-0.39, 0.29) is 22.8 Å². The average molecular weight is 497 g/mol. The number of carbonyl (C=O) groups is 2. The third-order valence-corrected chi connectivity index (χ3v) is 6.64. The molecule has 0 aliphatic heterocycles. The Labute approximate surface area is 179 Å². The number of benzene rings is 2. The molecule has 0 bridgehead atoms. The topological polar surface area (TPSA) is 94.8 Å². The number of hydrogen-bond donors (Lipinski definition) is 0. The summed E-state index contributed by atoms with van der Waals surface area (Å²) in [6, 6.07) is 11.3. The molecule has 10 heteroatoms. The molecule has 0 unspecified atom stereocenters. The van der Waals surface area contributed by atoms with Gasteiger partial charge in [-0.25, -0.2) is 8.42 Å². The fraction of sp³-hybridized carbons (Fsp3) is 0.211. The van der Waals surface area contributed by atoms with E-state index in [1.165, 1.54) is 12.1 Å². The highest BCUT2D eigenvalue weighted by Gasteiger charge is 2.15. The van der Waals surface area contributed by atoms with Crippen LogP contribution in [-0.2, 0) is 25.9 Å². The van der Waals surface area contributed by atoms with Crippen molar-refractivity contribution in [2.45, 2.75) is 18.4 Å². The fourth-order valence-corrected chi connectivity index (χ4v) is 4.66. The van der Waals surface area contributed by atoms with Crippen LogP contribution in [0.1, 0.15) is 17.3 Å². The Morgan fingerprint density at radius 2 is 1.86 bits per heavy atom. The minimum atomic E-state index is -3.40. The molecule has 7 nitrogen and oxygen atoms in total. The highest BCUT2D eigenvalue weighted by molar-refractivity contribution is 9.10. The first kappa shape index (κ1) is 21.4. The summed E-state index contributed by atoms with van der Waals surface area (Å²) in [7, 11) is -3.40. The van der Waals surface area contributed by atoms with Crippen molar-refractivity contribution in [2.24, 2.45) is 4.99 Å². The first-order valence-corrected chi connectivity index (χ1v) is 12.0. The molecule has 2 aromatic carbocycles. The number of nitrogens with zero attached hydrogens (tertiary/aromatic N) is 2. The molecule has 0 spiro atoms. The molecule has 0 aliphatic rings. The Bertz CT molecular complexity index is 1260. The van der Waals surface area contributed by atoms with Crippen molar-refractivity contribution in [2.75, 3.05) is 12.9 Å². The van der Waals surface area contributed by atoms with E-state index in [4.69, 9.17) is 4.74 Å². The van der Waals surface area contributed by atoms with Gasteiger partial charge in [0.05, 0.1) is 21.7 Å². The molecule has 0 N–H and O–H groups in total. The highest BCUT2D eigenvalue weighted by Crippen LogP contribution is 2.22. The van der Waals surface area contributed by atoms with Gasteiger partial charge in [-0.3, -0.25) is 9.59 Å². The van der Waals surface area contributed by atoms with Gasteiger partial charge in [0, 0.05) is 16.3 Å². The smallest absolute Gasteiger partial charge is 0.326 e.